The number of carbonyl (C=O) groups is 1. The number of nitrogens with one attached hydrogen (secondary N) is 1. The average Bonchev–Trinajstić information content (AvgIpc) is 2.91. The molecule has 0 spiro atoms. The molecule has 2 unspecified atom stereocenters. The normalized spacial score (nSPS) is 37.9. The Morgan fingerprint density at radius 3 is 2.65 bits per heavy atom. The molecular formula is C14H24N2O. The van der Waals surface area contributed by atoms with Crippen molar-refractivity contribution in [1.82, 2.24) is 10.2 Å². The Bertz CT molecular complexity index is 284. The van der Waals surface area contributed by atoms with Gasteiger partial charge in [-0.25, -0.2) is 0 Å². The second-order valence-corrected chi connectivity index (χ2v) is 5.93. The monoisotopic (exact) mass is 236 g/mol. The van der Waals surface area contributed by atoms with Crippen LogP contribution in [0.2, 0.25) is 0 Å². The van der Waals surface area contributed by atoms with E-state index in [0.29, 0.717) is 11.9 Å². The van der Waals surface area contributed by atoms with Crippen molar-refractivity contribution >= 4 is 5.91 Å². The maximum Gasteiger partial charge on any atom is 0.239 e. The van der Waals surface area contributed by atoms with Crippen molar-refractivity contribution in [1.29, 1.82) is 0 Å². The van der Waals surface area contributed by atoms with E-state index in [2.05, 4.69) is 10.2 Å². The van der Waals surface area contributed by atoms with Gasteiger partial charge in [-0.3, -0.25) is 4.79 Å². The number of amides is 1. The largest absolute Gasteiger partial charge is 0.338 e. The molecule has 3 aliphatic rings. The summed E-state index contributed by atoms with van der Waals surface area (Å²) in [6.07, 6.45) is 10.1. The molecule has 3 nitrogen and oxygen atoms in total. The van der Waals surface area contributed by atoms with Crippen molar-refractivity contribution in [3.05, 3.63) is 0 Å². The van der Waals surface area contributed by atoms with E-state index in [1.54, 1.807) is 0 Å². The van der Waals surface area contributed by atoms with Gasteiger partial charge >= 0.3 is 0 Å². The second-order valence-electron chi connectivity index (χ2n) is 5.93. The number of rotatable bonds is 1. The van der Waals surface area contributed by atoms with E-state index in [-0.39, 0.29) is 6.04 Å². The maximum atomic E-state index is 12.5. The molecule has 1 aliphatic carbocycles. The number of hydrogen-bond acceptors (Lipinski definition) is 2. The lowest BCUT2D eigenvalue weighted by atomic mass is 9.78. The fourth-order valence-corrected chi connectivity index (χ4v) is 3.99. The first-order valence-electron chi connectivity index (χ1n) is 7.40. The van der Waals surface area contributed by atoms with Gasteiger partial charge in [0.05, 0.1) is 6.04 Å². The van der Waals surface area contributed by atoms with Crippen molar-refractivity contribution in [2.75, 3.05) is 13.1 Å². The van der Waals surface area contributed by atoms with E-state index in [4.69, 9.17) is 0 Å². The van der Waals surface area contributed by atoms with Crippen LogP contribution in [0.3, 0.4) is 0 Å². The molecule has 17 heavy (non-hydrogen) atoms. The summed E-state index contributed by atoms with van der Waals surface area (Å²) in [7, 11) is 0. The highest BCUT2D eigenvalue weighted by Gasteiger charge is 2.38. The van der Waals surface area contributed by atoms with Crippen LogP contribution in [0.4, 0.5) is 0 Å². The minimum Gasteiger partial charge on any atom is -0.338 e. The molecule has 1 N–H and O–H groups in total. The average molecular weight is 236 g/mol. The third kappa shape index (κ3) is 2.22. The predicted octanol–water partition coefficient (Wildman–Crippen LogP) is 1.92. The number of fused-ring (bicyclic) bond motifs is 1. The Kier molecular flexibility index (Phi) is 3.37. The molecule has 2 heterocycles. The van der Waals surface area contributed by atoms with E-state index in [0.717, 1.165) is 25.4 Å². The molecule has 1 amide bonds. The summed E-state index contributed by atoms with van der Waals surface area (Å²) in [5, 5.41) is 3.36. The van der Waals surface area contributed by atoms with Crippen molar-refractivity contribution in [2.45, 2.75) is 63.5 Å². The van der Waals surface area contributed by atoms with Gasteiger partial charge in [-0.05, 0) is 51.0 Å². The first-order chi connectivity index (χ1) is 8.36. The molecule has 1 saturated carbocycles. The van der Waals surface area contributed by atoms with Crippen LogP contribution in [-0.4, -0.2) is 36.0 Å². The number of nitrogens with zero attached hydrogens (tertiary/aromatic N) is 1. The third-order valence-electron chi connectivity index (χ3n) is 4.88. The lowest BCUT2D eigenvalue weighted by Crippen LogP contribution is -2.54. The van der Waals surface area contributed by atoms with Crippen LogP contribution in [0.1, 0.15) is 51.4 Å². The zero-order chi connectivity index (χ0) is 11.7. The first-order valence-corrected chi connectivity index (χ1v) is 7.40. The predicted molar refractivity (Wildman–Crippen MR) is 67.7 cm³/mol. The van der Waals surface area contributed by atoms with Crippen LogP contribution in [0.25, 0.3) is 0 Å². The van der Waals surface area contributed by atoms with E-state index >= 15 is 0 Å². The summed E-state index contributed by atoms with van der Waals surface area (Å²) in [6, 6.07) is 0.711. The molecule has 3 heteroatoms. The first kappa shape index (κ1) is 11.5. The highest BCUT2D eigenvalue weighted by molar-refractivity contribution is 5.82. The van der Waals surface area contributed by atoms with Gasteiger partial charge in [0.15, 0.2) is 0 Å². The Morgan fingerprint density at radius 2 is 1.82 bits per heavy atom. The van der Waals surface area contributed by atoms with Gasteiger partial charge in [0, 0.05) is 12.6 Å². The van der Waals surface area contributed by atoms with E-state index < -0.39 is 0 Å². The van der Waals surface area contributed by atoms with E-state index in [9.17, 15) is 4.79 Å². The van der Waals surface area contributed by atoms with Crippen LogP contribution in [0.5, 0.6) is 0 Å². The van der Waals surface area contributed by atoms with Gasteiger partial charge in [-0.15, -0.1) is 0 Å². The van der Waals surface area contributed by atoms with Crippen molar-refractivity contribution in [3.8, 4) is 0 Å². The van der Waals surface area contributed by atoms with Gasteiger partial charge in [-0.2, -0.15) is 0 Å². The molecular weight excluding hydrogens is 212 g/mol. The molecule has 0 bridgehead atoms. The Hall–Kier alpha value is -0.570. The Labute approximate surface area is 104 Å². The molecule has 96 valence electrons. The van der Waals surface area contributed by atoms with Crippen molar-refractivity contribution in [2.24, 2.45) is 5.92 Å². The summed E-state index contributed by atoms with van der Waals surface area (Å²) in [6.45, 7) is 2.04. The fourth-order valence-electron chi connectivity index (χ4n) is 3.99. The minimum absolute atomic E-state index is 0.135. The molecule has 0 aromatic rings. The summed E-state index contributed by atoms with van der Waals surface area (Å²) in [4.78, 5) is 14.8. The smallest absolute Gasteiger partial charge is 0.239 e. The standard InChI is InChI=1S/C14H24N2O/c17-14(12-7-3-9-15-12)16-10-4-6-11-5-1-2-8-13(11)16/h11-13,15H,1-10H2/t11?,12-,13?/m0/s1. The molecule has 2 saturated heterocycles. The number of hydrogen-bond donors (Lipinski definition) is 1. The van der Waals surface area contributed by atoms with E-state index in [1.807, 2.05) is 0 Å². The molecule has 0 aromatic heterocycles. The van der Waals surface area contributed by atoms with Crippen LogP contribution in [0, 0.1) is 5.92 Å². The van der Waals surface area contributed by atoms with Gasteiger partial charge < -0.3 is 10.2 Å². The summed E-state index contributed by atoms with van der Waals surface area (Å²) in [5.74, 6) is 1.21. The van der Waals surface area contributed by atoms with Crippen LogP contribution >= 0.6 is 0 Å². The van der Waals surface area contributed by atoms with Crippen molar-refractivity contribution < 1.29 is 4.79 Å². The number of likely N-dealkylation sites (tertiary alicyclic amines) is 1. The van der Waals surface area contributed by atoms with Gasteiger partial charge in [-0.1, -0.05) is 12.8 Å². The van der Waals surface area contributed by atoms with Crippen LogP contribution in [-0.2, 0) is 4.79 Å². The Morgan fingerprint density at radius 1 is 1.00 bits per heavy atom. The quantitative estimate of drug-likeness (QED) is 0.754. The lowest BCUT2D eigenvalue weighted by Gasteiger charge is -2.45. The minimum atomic E-state index is 0.135. The van der Waals surface area contributed by atoms with Crippen LogP contribution < -0.4 is 5.32 Å². The molecule has 3 atom stereocenters. The lowest BCUT2D eigenvalue weighted by molar-refractivity contribution is -0.139. The fraction of sp³-hybridized carbons (Fsp3) is 0.929. The number of carbonyl (C=O) groups excluding carboxylic acids is 1. The van der Waals surface area contributed by atoms with Gasteiger partial charge in [0.1, 0.15) is 0 Å². The number of piperidine rings is 1. The molecule has 0 aromatic carbocycles. The SMILES string of the molecule is O=C([C@@H]1CCCN1)N1CCCC2CCCCC21. The summed E-state index contributed by atoms with van der Waals surface area (Å²) >= 11 is 0. The highest BCUT2D eigenvalue weighted by Crippen LogP contribution is 2.35. The highest BCUT2D eigenvalue weighted by atomic mass is 16.2. The zero-order valence-corrected chi connectivity index (χ0v) is 10.7. The Balaban J connectivity index is 1.69. The summed E-state index contributed by atoms with van der Waals surface area (Å²) < 4.78 is 0. The van der Waals surface area contributed by atoms with Crippen LogP contribution in [0.15, 0.2) is 0 Å². The zero-order valence-electron chi connectivity index (χ0n) is 10.7. The molecule has 0 radical (unpaired) electrons. The summed E-state index contributed by atoms with van der Waals surface area (Å²) in [5.41, 5.74) is 0. The third-order valence-corrected chi connectivity index (χ3v) is 4.88. The van der Waals surface area contributed by atoms with E-state index in [1.165, 1.54) is 44.9 Å². The molecule has 2 aliphatic heterocycles. The molecule has 3 fully saturated rings. The van der Waals surface area contributed by atoms with Gasteiger partial charge in [0.25, 0.3) is 0 Å². The molecule has 3 rings (SSSR count). The topological polar surface area (TPSA) is 32.3 Å². The maximum absolute atomic E-state index is 12.5. The van der Waals surface area contributed by atoms with Gasteiger partial charge in [0.2, 0.25) is 5.91 Å². The second kappa shape index (κ2) is 4.97. The van der Waals surface area contributed by atoms with Crippen molar-refractivity contribution in [3.63, 3.8) is 0 Å².